The quantitative estimate of drug-likeness (QED) is 0.0823. The fraction of sp³-hybridized carbons (Fsp3) is 0.164. The first-order valence-electron chi connectivity index (χ1n) is 25.7. The van der Waals surface area contributed by atoms with Gasteiger partial charge in [0.25, 0.3) is 0 Å². The van der Waals surface area contributed by atoms with Crippen molar-refractivity contribution in [3.63, 3.8) is 0 Å². The van der Waals surface area contributed by atoms with Crippen LogP contribution in [0.3, 0.4) is 0 Å². The number of benzene rings is 5. The molecule has 12 rings (SSSR count). The van der Waals surface area contributed by atoms with Gasteiger partial charge in [0.1, 0.15) is 0 Å². The van der Waals surface area contributed by atoms with Crippen molar-refractivity contribution in [1.29, 1.82) is 0 Å². The molecule has 5 heteroatoms. The fourth-order valence-electron chi connectivity index (χ4n) is 11.9. The van der Waals surface area contributed by atoms with Crippen molar-refractivity contribution in [2.75, 3.05) is 16.3 Å². The molecule has 0 N–H and O–H groups in total. The second-order valence-electron chi connectivity index (χ2n) is 19.4. The summed E-state index contributed by atoms with van der Waals surface area (Å²) in [6, 6.07) is 33.9. The molecule has 352 valence electrons. The van der Waals surface area contributed by atoms with E-state index in [-0.39, 0.29) is 12.0 Å². The van der Waals surface area contributed by atoms with Gasteiger partial charge in [-0.1, -0.05) is 165 Å². The van der Waals surface area contributed by atoms with E-state index in [9.17, 15) is 0 Å². The summed E-state index contributed by atoms with van der Waals surface area (Å²) >= 11 is 0. The maximum Gasteiger partial charge on any atom is 0.230 e. The Hall–Kier alpha value is -8.28. The summed E-state index contributed by atoms with van der Waals surface area (Å²) in [4.78, 5) is 16.0. The van der Waals surface area contributed by atoms with E-state index in [1.54, 1.807) is 0 Å². The zero-order valence-electron chi connectivity index (χ0n) is 41.1. The topological polar surface area (TPSA) is 36.1 Å². The molecule has 72 heavy (non-hydrogen) atoms. The smallest absolute Gasteiger partial charge is 0.230 e. The maximum absolute atomic E-state index is 5.51. The Morgan fingerprint density at radius 3 is 2.33 bits per heavy atom. The molecule has 0 bridgehead atoms. The molecular formula is C67H59N5. The van der Waals surface area contributed by atoms with Crippen LogP contribution < -0.4 is 9.80 Å². The van der Waals surface area contributed by atoms with Gasteiger partial charge < -0.3 is 9.80 Å². The van der Waals surface area contributed by atoms with Crippen molar-refractivity contribution in [3.05, 3.63) is 259 Å². The minimum absolute atomic E-state index is 0.251. The number of aliphatic imine (C=N–C) groups is 2. The molecule has 5 aromatic carbocycles. The lowest BCUT2D eigenvalue weighted by atomic mass is 9.85. The third-order valence-corrected chi connectivity index (χ3v) is 15.3. The minimum Gasteiger partial charge on any atom is -0.337 e. The second-order valence-corrected chi connectivity index (χ2v) is 19.4. The molecule has 2 aliphatic heterocycles. The SMILES string of the molecule is C=CC1=C(/C=C\C)N(c2ccccc2)/C(=C/C=C(\C=C)C/N=C(\N=C2\C=CC=CC2=C)n2c3c(c4c5ccccc5c(-c5cc6c(c7ccccc57)N(C5=CCCCC5)C5C=CC=C[C@@H]65)cc42)CCC=C3)C1. The van der Waals surface area contributed by atoms with Crippen molar-refractivity contribution < 1.29 is 0 Å². The van der Waals surface area contributed by atoms with Crippen LogP contribution in [0.25, 0.3) is 49.7 Å². The minimum atomic E-state index is 0.251. The van der Waals surface area contributed by atoms with Gasteiger partial charge in [-0.25, -0.2) is 9.98 Å². The van der Waals surface area contributed by atoms with Crippen molar-refractivity contribution >= 4 is 61.6 Å². The van der Waals surface area contributed by atoms with Crippen LogP contribution in [-0.4, -0.2) is 28.8 Å². The van der Waals surface area contributed by atoms with Gasteiger partial charge in [0.2, 0.25) is 5.96 Å². The number of aromatic nitrogens is 1. The normalized spacial score (nSPS) is 20.8. The van der Waals surface area contributed by atoms with Crippen LogP contribution in [-0.2, 0) is 6.42 Å². The van der Waals surface area contributed by atoms with Crippen LogP contribution in [0, 0.1) is 0 Å². The molecule has 0 saturated carbocycles. The number of para-hydroxylation sites is 1. The molecule has 2 atom stereocenters. The Morgan fingerprint density at radius 2 is 1.56 bits per heavy atom. The third-order valence-electron chi connectivity index (χ3n) is 15.3. The number of aryl methyl sites for hydroxylation is 1. The van der Waals surface area contributed by atoms with Gasteiger partial charge in [-0.05, 0) is 149 Å². The maximum atomic E-state index is 5.51. The van der Waals surface area contributed by atoms with Gasteiger partial charge in [-0.15, -0.1) is 0 Å². The highest BCUT2D eigenvalue weighted by Gasteiger charge is 2.40. The number of fused-ring (bicyclic) bond motifs is 10. The summed E-state index contributed by atoms with van der Waals surface area (Å²) in [6.45, 7) is 15.4. The van der Waals surface area contributed by atoms with Gasteiger partial charge in [0.05, 0.1) is 35.2 Å². The molecular weight excluding hydrogens is 875 g/mol. The zero-order chi connectivity index (χ0) is 48.7. The van der Waals surface area contributed by atoms with Crippen LogP contribution in [0.15, 0.2) is 252 Å². The van der Waals surface area contributed by atoms with Crippen molar-refractivity contribution in [2.45, 2.75) is 63.8 Å². The van der Waals surface area contributed by atoms with Crippen LogP contribution in [0.4, 0.5) is 11.4 Å². The van der Waals surface area contributed by atoms with Crippen LogP contribution in [0.2, 0.25) is 0 Å². The number of hydrogen-bond donors (Lipinski definition) is 0. The number of anilines is 2. The van der Waals surface area contributed by atoms with Crippen molar-refractivity contribution in [2.24, 2.45) is 9.98 Å². The van der Waals surface area contributed by atoms with E-state index in [2.05, 4.69) is 199 Å². The molecule has 4 aliphatic carbocycles. The van der Waals surface area contributed by atoms with Crippen molar-refractivity contribution in [1.82, 2.24) is 4.57 Å². The summed E-state index contributed by atoms with van der Waals surface area (Å²) in [6.07, 6.45) is 44.5. The lowest BCUT2D eigenvalue weighted by molar-refractivity contribution is 0.641. The first-order chi connectivity index (χ1) is 35.5. The zero-order valence-corrected chi connectivity index (χ0v) is 41.1. The fourth-order valence-corrected chi connectivity index (χ4v) is 11.9. The van der Waals surface area contributed by atoms with Gasteiger partial charge in [-0.2, -0.15) is 0 Å². The number of rotatable bonds is 9. The highest BCUT2D eigenvalue weighted by Crippen LogP contribution is 2.53. The molecule has 5 nitrogen and oxygen atoms in total. The van der Waals surface area contributed by atoms with Gasteiger partial charge in [0.15, 0.2) is 0 Å². The molecule has 0 saturated heterocycles. The van der Waals surface area contributed by atoms with E-state index in [1.807, 2.05) is 36.5 Å². The predicted molar refractivity (Wildman–Crippen MR) is 308 cm³/mol. The summed E-state index contributed by atoms with van der Waals surface area (Å²) in [5, 5.41) is 6.31. The molecule has 6 aliphatic rings. The summed E-state index contributed by atoms with van der Waals surface area (Å²) in [7, 11) is 0. The predicted octanol–water partition coefficient (Wildman–Crippen LogP) is 16.7. The summed E-state index contributed by atoms with van der Waals surface area (Å²) in [5.74, 6) is 0.863. The highest BCUT2D eigenvalue weighted by molar-refractivity contribution is 6.22. The van der Waals surface area contributed by atoms with Crippen LogP contribution >= 0.6 is 0 Å². The van der Waals surface area contributed by atoms with Crippen molar-refractivity contribution in [3.8, 4) is 11.1 Å². The molecule has 6 aromatic rings. The monoisotopic (exact) mass is 933 g/mol. The average molecular weight is 934 g/mol. The Labute approximate surface area is 424 Å². The largest absolute Gasteiger partial charge is 0.337 e. The molecule has 0 radical (unpaired) electrons. The summed E-state index contributed by atoms with van der Waals surface area (Å²) < 4.78 is 2.33. The lowest BCUT2D eigenvalue weighted by Gasteiger charge is -2.33. The third kappa shape index (κ3) is 7.72. The van der Waals surface area contributed by atoms with Crippen LogP contribution in [0.1, 0.15) is 68.2 Å². The van der Waals surface area contributed by atoms with E-state index in [0.717, 1.165) is 77.3 Å². The molecule has 3 heterocycles. The van der Waals surface area contributed by atoms with E-state index >= 15 is 0 Å². The molecule has 0 amide bonds. The molecule has 1 unspecified atom stereocenters. The lowest BCUT2D eigenvalue weighted by Crippen LogP contribution is -2.32. The Bertz CT molecular complexity index is 3660. The Morgan fingerprint density at radius 1 is 0.792 bits per heavy atom. The number of nitrogens with zero attached hydrogens (tertiary/aromatic N) is 5. The number of hydrogen-bond acceptors (Lipinski definition) is 3. The number of allylic oxidation sites excluding steroid dienone is 16. The van der Waals surface area contributed by atoms with Gasteiger partial charge in [-0.3, -0.25) is 4.57 Å². The molecule has 1 aromatic heterocycles. The van der Waals surface area contributed by atoms with Crippen LogP contribution in [0.5, 0.6) is 0 Å². The van der Waals surface area contributed by atoms with E-state index in [1.165, 1.54) is 79.0 Å². The summed E-state index contributed by atoms with van der Waals surface area (Å²) in [5.41, 5.74) is 17.4. The second kappa shape index (κ2) is 19.1. The molecule has 0 fully saturated rings. The first kappa shape index (κ1) is 44.9. The van der Waals surface area contributed by atoms with E-state index in [4.69, 9.17) is 9.98 Å². The first-order valence-corrected chi connectivity index (χ1v) is 25.7. The highest BCUT2D eigenvalue weighted by atomic mass is 15.2. The molecule has 0 spiro atoms. The Balaban J connectivity index is 1.06. The standard InChI is InChI=1S/C67H59N5/c1-5-24-61-47(7-3)41-50(70(61)48-26-10-8-11-27-48)40-39-46(6-2)44-68-67(69-60-36-21-14-25-45(60)4)72-63-38-23-20-35-56(63)65-54-33-17-15-30-51(54)58(43-64(65)72)57-42-59-53-32-19-22-37-62(53)71(49-28-12-9-13-29-49)66(59)55-34-18-16-31-52(55)57/h5-8,10-11,14-19,21-28,30-34,36-40,42-43,53,62H,2-4,9,12-13,20,29,35,41,44H2,1H3/b24-5-,46-39+,50-40+,68-67+,69-60-/t53-,62?/m0/s1. The van der Waals surface area contributed by atoms with E-state index < -0.39 is 0 Å². The van der Waals surface area contributed by atoms with Gasteiger partial charge >= 0.3 is 0 Å². The average Bonchev–Trinajstić information content (AvgIpc) is 4.09. The van der Waals surface area contributed by atoms with E-state index in [0.29, 0.717) is 12.5 Å². The van der Waals surface area contributed by atoms with Gasteiger partial charge in [0, 0.05) is 45.9 Å². The Kier molecular flexibility index (Phi) is 11.9.